The molecule has 166 valence electrons. The molecule has 0 aliphatic rings. The summed E-state index contributed by atoms with van der Waals surface area (Å²) < 4.78 is 0. The Balaban J connectivity index is 4.52. The van der Waals surface area contributed by atoms with Gasteiger partial charge < -0.3 is 32.3 Å². The largest absolute Gasteiger partial charge is 0.368 e. The average Bonchev–Trinajstić information content (AvgIpc) is 2.67. The Bertz CT molecular complexity index is 687. The minimum absolute atomic E-state index is 0.0683. The Labute approximate surface area is 174 Å². The first-order chi connectivity index (χ1) is 14.1. The van der Waals surface area contributed by atoms with Crippen LogP contribution in [-0.2, 0) is 28.8 Å². The minimum atomic E-state index is -1.05. The second-order valence-electron chi connectivity index (χ2n) is 6.67. The lowest BCUT2D eigenvalue weighted by atomic mass is 10.0. The van der Waals surface area contributed by atoms with Crippen molar-refractivity contribution in [2.45, 2.75) is 38.8 Å². The maximum absolute atomic E-state index is 12.3. The van der Waals surface area contributed by atoms with Crippen LogP contribution in [0.3, 0.4) is 0 Å². The third-order valence-electron chi connectivity index (χ3n) is 3.57. The van der Waals surface area contributed by atoms with Gasteiger partial charge in [0.1, 0.15) is 12.1 Å². The van der Waals surface area contributed by atoms with E-state index in [1.54, 1.807) is 0 Å². The van der Waals surface area contributed by atoms with Gasteiger partial charge in [0.05, 0.1) is 19.6 Å². The molecule has 0 heterocycles. The van der Waals surface area contributed by atoms with Gasteiger partial charge in [0, 0.05) is 6.42 Å². The van der Waals surface area contributed by atoms with Crippen LogP contribution in [0.4, 0.5) is 0 Å². The molecule has 2 atom stereocenters. The molecule has 6 amide bonds. The van der Waals surface area contributed by atoms with Crippen molar-refractivity contribution in [3.05, 3.63) is 0 Å². The molecular formula is C18H28N6O6. The van der Waals surface area contributed by atoms with Gasteiger partial charge in [0.25, 0.3) is 0 Å². The first-order valence-corrected chi connectivity index (χ1v) is 9.13. The van der Waals surface area contributed by atoms with Gasteiger partial charge in [-0.05, 0) is 12.3 Å². The lowest BCUT2D eigenvalue weighted by Crippen LogP contribution is -2.52. The fourth-order valence-corrected chi connectivity index (χ4v) is 2.20. The Hall–Kier alpha value is -3.62. The number of carbonyl (C=O) groups excluding carboxylic acids is 6. The summed E-state index contributed by atoms with van der Waals surface area (Å²) in [7, 11) is 0. The molecule has 0 spiro atoms. The van der Waals surface area contributed by atoms with Crippen LogP contribution in [0.5, 0.6) is 0 Å². The Morgan fingerprint density at radius 3 is 2.03 bits per heavy atom. The van der Waals surface area contributed by atoms with E-state index in [0.29, 0.717) is 12.8 Å². The van der Waals surface area contributed by atoms with Gasteiger partial charge in [0.2, 0.25) is 35.9 Å². The van der Waals surface area contributed by atoms with E-state index < -0.39 is 54.7 Å². The molecule has 0 aromatic heterocycles. The number of primary amides is 1. The van der Waals surface area contributed by atoms with E-state index in [9.17, 15) is 28.8 Å². The number of hydrogen-bond donors (Lipinski definition) is 6. The molecule has 0 radical (unpaired) electrons. The molecule has 0 aromatic rings. The molecule has 0 rings (SSSR count). The number of nitrogens with one attached hydrogen (secondary N) is 5. The molecule has 30 heavy (non-hydrogen) atoms. The van der Waals surface area contributed by atoms with Gasteiger partial charge in [-0.25, -0.2) is 0 Å². The van der Waals surface area contributed by atoms with Gasteiger partial charge in [-0.1, -0.05) is 13.8 Å². The molecule has 0 bridgehead atoms. The zero-order valence-electron chi connectivity index (χ0n) is 16.9. The highest BCUT2D eigenvalue weighted by molar-refractivity contribution is 5.93. The van der Waals surface area contributed by atoms with Crippen LogP contribution in [0.1, 0.15) is 26.7 Å². The van der Waals surface area contributed by atoms with Crippen molar-refractivity contribution in [2.75, 3.05) is 19.6 Å². The average molecular weight is 424 g/mol. The number of nitrogens with two attached hydrogens (primary N) is 1. The Morgan fingerprint density at radius 1 is 0.933 bits per heavy atom. The van der Waals surface area contributed by atoms with Gasteiger partial charge in [-0.2, -0.15) is 0 Å². The van der Waals surface area contributed by atoms with E-state index in [1.165, 1.54) is 0 Å². The van der Waals surface area contributed by atoms with Crippen molar-refractivity contribution in [1.82, 2.24) is 26.6 Å². The van der Waals surface area contributed by atoms with Gasteiger partial charge >= 0.3 is 0 Å². The lowest BCUT2D eigenvalue weighted by Gasteiger charge is -2.20. The molecule has 0 aliphatic carbocycles. The highest BCUT2D eigenvalue weighted by Gasteiger charge is 2.22. The first kappa shape index (κ1) is 26.4. The maximum atomic E-state index is 12.3. The predicted octanol–water partition coefficient (Wildman–Crippen LogP) is -3.51. The molecule has 12 nitrogen and oxygen atoms in total. The predicted molar refractivity (Wildman–Crippen MR) is 106 cm³/mol. The monoisotopic (exact) mass is 424 g/mol. The summed E-state index contributed by atoms with van der Waals surface area (Å²) in [6.07, 6.45) is 5.66. The number of amides is 6. The molecule has 0 aliphatic heterocycles. The van der Waals surface area contributed by atoms with Gasteiger partial charge in [-0.15, -0.1) is 12.3 Å². The van der Waals surface area contributed by atoms with E-state index in [-0.39, 0.29) is 18.9 Å². The van der Waals surface area contributed by atoms with Crippen LogP contribution in [-0.4, -0.2) is 67.7 Å². The van der Waals surface area contributed by atoms with E-state index >= 15 is 0 Å². The highest BCUT2D eigenvalue weighted by atomic mass is 16.2. The quantitative estimate of drug-likeness (QED) is 0.124. The second-order valence-corrected chi connectivity index (χ2v) is 6.67. The molecule has 1 unspecified atom stereocenters. The van der Waals surface area contributed by atoms with E-state index in [2.05, 4.69) is 32.5 Å². The summed E-state index contributed by atoms with van der Waals surface area (Å²) in [5.41, 5.74) is 5.10. The topological polar surface area (TPSA) is 189 Å². The smallest absolute Gasteiger partial charge is 0.243 e. The molecule has 7 N–H and O–H groups in total. The first-order valence-electron chi connectivity index (χ1n) is 9.13. The summed E-state index contributed by atoms with van der Waals surface area (Å²) in [6, 6.07) is -1.95. The van der Waals surface area contributed by atoms with Crippen LogP contribution < -0.4 is 32.3 Å². The normalized spacial score (nSPS) is 11.9. The zero-order chi connectivity index (χ0) is 23.1. The SMILES string of the molecule is C#CCC(NC(=O)CNC(=O)CNC(=O)[C@H](CC(C)C)NC(=O)CNC=O)C(N)=O. The van der Waals surface area contributed by atoms with Crippen LogP contribution in [0.25, 0.3) is 0 Å². The molecule has 0 fully saturated rings. The van der Waals surface area contributed by atoms with Crippen molar-refractivity contribution in [2.24, 2.45) is 11.7 Å². The minimum Gasteiger partial charge on any atom is -0.368 e. The number of terminal acetylenes is 1. The van der Waals surface area contributed by atoms with Crippen molar-refractivity contribution in [1.29, 1.82) is 0 Å². The number of rotatable bonds is 14. The van der Waals surface area contributed by atoms with E-state index in [4.69, 9.17) is 12.2 Å². The summed E-state index contributed by atoms with van der Waals surface area (Å²) in [6.45, 7) is 2.52. The van der Waals surface area contributed by atoms with Crippen LogP contribution in [0.15, 0.2) is 0 Å². The van der Waals surface area contributed by atoms with Crippen molar-refractivity contribution in [3.63, 3.8) is 0 Å². The van der Waals surface area contributed by atoms with Crippen molar-refractivity contribution in [3.8, 4) is 12.3 Å². The van der Waals surface area contributed by atoms with Crippen LogP contribution >= 0.6 is 0 Å². The Morgan fingerprint density at radius 2 is 1.50 bits per heavy atom. The van der Waals surface area contributed by atoms with E-state index in [0.717, 1.165) is 0 Å². The fraction of sp³-hybridized carbons (Fsp3) is 0.556. The number of hydrogen-bond acceptors (Lipinski definition) is 6. The van der Waals surface area contributed by atoms with Crippen LogP contribution in [0, 0.1) is 18.3 Å². The third-order valence-corrected chi connectivity index (χ3v) is 3.57. The molecule has 0 aromatic carbocycles. The fourth-order valence-electron chi connectivity index (χ4n) is 2.20. The summed E-state index contributed by atoms with van der Waals surface area (Å²) in [5, 5.41) is 11.6. The van der Waals surface area contributed by atoms with Crippen molar-refractivity contribution < 1.29 is 28.8 Å². The summed E-state index contributed by atoms with van der Waals surface area (Å²) in [5.74, 6) is -1.03. The summed E-state index contributed by atoms with van der Waals surface area (Å²) >= 11 is 0. The molecule has 12 heteroatoms. The lowest BCUT2D eigenvalue weighted by molar-refractivity contribution is -0.131. The van der Waals surface area contributed by atoms with Gasteiger partial charge in [0.15, 0.2) is 0 Å². The molecule has 0 saturated heterocycles. The standard InChI is InChI=1S/C18H28N6O6/c1-4-5-12(17(19)29)23-16(28)9-21-14(26)8-22-18(30)13(6-11(2)3)24-15(27)7-20-10-25/h1,10-13H,5-9H2,2-3H3,(H2,19,29)(H,20,25)(H,21,26)(H,22,30)(H,23,28)(H,24,27)/t12?,13-/m0/s1. The maximum Gasteiger partial charge on any atom is 0.243 e. The van der Waals surface area contributed by atoms with Crippen molar-refractivity contribution >= 4 is 35.9 Å². The third kappa shape index (κ3) is 12.0. The summed E-state index contributed by atoms with van der Waals surface area (Å²) in [4.78, 5) is 69.0. The zero-order valence-corrected chi connectivity index (χ0v) is 16.9. The molecule has 0 saturated carbocycles. The highest BCUT2D eigenvalue weighted by Crippen LogP contribution is 2.04. The Kier molecular flexibility index (Phi) is 12.7. The van der Waals surface area contributed by atoms with Gasteiger partial charge in [-0.3, -0.25) is 28.8 Å². The second kappa shape index (κ2) is 14.4. The van der Waals surface area contributed by atoms with Crippen LogP contribution in [0.2, 0.25) is 0 Å². The molecular weight excluding hydrogens is 396 g/mol. The number of carbonyl (C=O) groups is 6. The van der Waals surface area contributed by atoms with E-state index in [1.807, 2.05) is 13.8 Å².